The molecule has 3 rings (SSSR count). The Hall–Kier alpha value is -2.25. The average molecular weight is 377 g/mol. The quantitative estimate of drug-likeness (QED) is 0.641. The molecule has 0 bridgehead atoms. The van der Waals surface area contributed by atoms with Crippen molar-refractivity contribution in [2.45, 2.75) is 18.1 Å². The Balaban J connectivity index is 1.52. The fourth-order valence-corrected chi connectivity index (χ4v) is 3.08. The summed E-state index contributed by atoms with van der Waals surface area (Å²) in [5.74, 6) is 1.75. The Morgan fingerprint density at radius 3 is 2.80 bits per heavy atom. The van der Waals surface area contributed by atoms with Crippen LogP contribution >= 0.6 is 23.4 Å². The van der Waals surface area contributed by atoms with Crippen molar-refractivity contribution in [1.29, 1.82) is 0 Å². The van der Waals surface area contributed by atoms with Gasteiger partial charge in [0, 0.05) is 18.5 Å². The van der Waals surface area contributed by atoms with E-state index in [-0.39, 0.29) is 11.7 Å². The van der Waals surface area contributed by atoms with E-state index in [1.807, 2.05) is 41.9 Å². The molecular weight excluding hydrogens is 360 g/mol. The smallest absolute Gasteiger partial charge is 0.230 e. The summed E-state index contributed by atoms with van der Waals surface area (Å²) in [7, 11) is 1.90. The summed E-state index contributed by atoms with van der Waals surface area (Å²) in [5, 5.41) is 12.6. The highest BCUT2D eigenvalue weighted by Gasteiger charge is 2.12. The second kappa shape index (κ2) is 8.22. The van der Waals surface area contributed by atoms with Crippen LogP contribution in [0.1, 0.15) is 17.1 Å². The lowest BCUT2D eigenvalue weighted by atomic mass is 10.1. The summed E-state index contributed by atoms with van der Waals surface area (Å²) in [5.41, 5.74) is 1.10. The van der Waals surface area contributed by atoms with Crippen molar-refractivity contribution in [3.05, 3.63) is 64.8 Å². The van der Waals surface area contributed by atoms with Crippen LogP contribution in [-0.4, -0.2) is 26.4 Å². The molecule has 1 aromatic carbocycles. The van der Waals surface area contributed by atoms with E-state index in [1.165, 1.54) is 11.8 Å². The fourth-order valence-electron chi connectivity index (χ4n) is 2.19. The average Bonchev–Trinajstić information content (AvgIpc) is 3.24. The van der Waals surface area contributed by atoms with E-state index in [1.54, 1.807) is 12.3 Å². The van der Waals surface area contributed by atoms with Gasteiger partial charge in [0.25, 0.3) is 0 Å². The van der Waals surface area contributed by atoms with Gasteiger partial charge in [0.05, 0.1) is 18.6 Å². The molecule has 3 aromatic rings. The summed E-state index contributed by atoms with van der Waals surface area (Å²) in [6.45, 7) is 0.382. The maximum absolute atomic E-state index is 11.9. The molecule has 0 saturated carbocycles. The third-order valence-electron chi connectivity index (χ3n) is 3.57. The number of rotatable bonds is 7. The molecule has 0 aliphatic heterocycles. The Morgan fingerprint density at radius 2 is 2.08 bits per heavy atom. The topological polar surface area (TPSA) is 73.0 Å². The monoisotopic (exact) mass is 376 g/mol. The molecule has 130 valence electrons. The van der Waals surface area contributed by atoms with Gasteiger partial charge in [0.15, 0.2) is 5.16 Å². The Labute approximate surface area is 154 Å². The second-order valence-electron chi connectivity index (χ2n) is 5.41. The molecule has 0 aliphatic carbocycles. The lowest BCUT2D eigenvalue weighted by molar-refractivity contribution is -0.118. The first-order valence-corrected chi connectivity index (χ1v) is 9.03. The van der Waals surface area contributed by atoms with Gasteiger partial charge < -0.3 is 14.3 Å². The summed E-state index contributed by atoms with van der Waals surface area (Å²) in [4.78, 5) is 11.9. The van der Waals surface area contributed by atoms with Crippen molar-refractivity contribution in [1.82, 2.24) is 20.1 Å². The van der Waals surface area contributed by atoms with Crippen LogP contribution in [0.3, 0.4) is 0 Å². The minimum atomic E-state index is -0.0800. The van der Waals surface area contributed by atoms with Crippen LogP contribution in [0.5, 0.6) is 0 Å². The van der Waals surface area contributed by atoms with Crippen LogP contribution in [0.15, 0.2) is 52.2 Å². The molecule has 6 nitrogen and oxygen atoms in total. The number of thioether (sulfide) groups is 1. The zero-order valence-corrected chi connectivity index (χ0v) is 15.2. The van der Waals surface area contributed by atoms with E-state index in [4.69, 9.17) is 16.0 Å². The molecule has 0 fully saturated rings. The van der Waals surface area contributed by atoms with Crippen molar-refractivity contribution in [2.24, 2.45) is 7.05 Å². The number of hydrogen-bond acceptors (Lipinski definition) is 5. The predicted molar refractivity (Wildman–Crippen MR) is 96.5 cm³/mol. The third-order valence-corrected chi connectivity index (χ3v) is 4.85. The standard InChI is InChI=1S/C17H17ClN4O2S/c1-22-15(9-12-4-6-13(18)7-5-12)20-21-17(22)25-11-16(23)19-10-14-3-2-8-24-14/h2-8H,9-11H2,1H3,(H,19,23). The van der Waals surface area contributed by atoms with Crippen molar-refractivity contribution in [2.75, 3.05) is 5.75 Å². The molecule has 0 aliphatic rings. The van der Waals surface area contributed by atoms with Crippen molar-refractivity contribution in [3.63, 3.8) is 0 Å². The second-order valence-corrected chi connectivity index (χ2v) is 6.78. The summed E-state index contributed by atoms with van der Waals surface area (Å²) < 4.78 is 7.08. The van der Waals surface area contributed by atoms with Crippen molar-refractivity contribution < 1.29 is 9.21 Å². The Kier molecular flexibility index (Phi) is 5.78. The fraction of sp³-hybridized carbons (Fsp3) is 0.235. The van der Waals surface area contributed by atoms with E-state index < -0.39 is 0 Å². The van der Waals surface area contributed by atoms with Gasteiger partial charge in [-0.05, 0) is 29.8 Å². The number of carbonyl (C=O) groups is 1. The van der Waals surface area contributed by atoms with Gasteiger partial charge in [-0.1, -0.05) is 35.5 Å². The van der Waals surface area contributed by atoms with E-state index >= 15 is 0 Å². The molecule has 8 heteroatoms. The minimum Gasteiger partial charge on any atom is -0.467 e. The lowest BCUT2D eigenvalue weighted by Gasteiger charge is -2.05. The largest absolute Gasteiger partial charge is 0.467 e. The molecule has 25 heavy (non-hydrogen) atoms. The van der Waals surface area contributed by atoms with E-state index in [0.717, 1.165) is 17.1 Å². The number of hydrogen-bond donors (Lipinski definition) is 1. The lowest BCUT2D eigenvalue weighted by Crippen LogP contribution is -2.24. The SMILES string of the molecule is Cn1c(Cc2ccc(Cl)cc2)nnc1SCC(=O)NCc1ccco1. The van der Waals surface area contributed by atoms with E-state index in [9.17, 15) is 4.79 Å². The summed E-state index contributed by atoms with van der Waals surface area (Å²) >= 11 is 7.25. The third kappa shape index (κ3) is 4.87. The number of benzene rings is 1. The van der Waals surface area contributed by atoms with Gasteiger partial charge in [-0.25, -0.2) is 0 Å². The number of amides is 1. The number of carbonyl (C=O) groups excluding carboxylic acids is 1. The highest BCUT2D eigenvalue weighted by molar-refractivity contribution is 7.99. The predicted octanol–water partition coefficient (Wildman–Crippen LogP) is 3.06. The normalized spacial score (nSPS) is 10.8. The van der Waals surface area contributed by atoms with Crippen LogP contribution in [0.25, 0.3) is 0 Å². The first-order valence-electron chi connectivity index (χ1n) is 7.66. The van der Waals surface area contributed by atoms with Gasteiger partial charge >= 0.3 is 0 Å². The zero-order chi connectivity index (χ0) is 17.6. The molecular formula is C17H17ClN4O2S. The first-order chi connectivity index (χ1) is 12.1. The number of aromatic nitrogens is 3. The zero-order valence-electron chi connectivity index (χ0n) is 13.6. The van der Waals surface area contributed by atoms with E-state index in [2.05, 4.69) is 15.5 Å². The Bertz CT molecular complexity index is 831. The van der Waals surface area contributed by atoms with Gasteiger partial charge in [-0.3, -0.25) is 4.79 Å². The maximum atomic E-state index is 11.9. The highest BCUT2D eigenvalue weighted by atomic mass is 35.5. The molecule has 1 N–H and O–H groups in total. The van der Waals surface area contributed by atoms with Crippen LogP contribution in [-0.2, 0) is 24.8 Å². The van der Waals surface area contributed by atoms with Gasteiger partial charge in [-0.2, -0.15) is 0 Å². The Morgan fingerprint density at radius 1 is 1.28 bits per heavy atom. The molecule has 0 radical (unpaired) electrons. The van der Waals surface area contributed by atoms with Gasteiger partial charge in [-0.15, -0.1) is 10.2 Å². The summed E-state index contributed by atoms with van der Waals surface area (Å²) in [6, 6.07) is 11.2. The van der Waals surface area contributed by atoms with Crippen molar-refractivity contribution >= 4 is 29.3 Å². The van der Waals surface area contributed by atoms with E-state index in [0.29, 0.717) is 23.1 Å². The molecule has 0 saturated heterocycles. The summed E-state index contributed by atoms with van der Waals surface area (Å²) in [6.07, 6.45) is 2.24. The highest BCUT2D eigenvalue weighted by Crippen LogP contribution is 2.18. The number of halogens is 1. The van der Waals surface area contributed by atoms with Gasteiger partial charge in [0.2, 0.25) is 5.91 Å². The molecule has 1 amide bonds. The minimum absolute atomic E-state index is 0.0800. The number of nitrogens with one attached hydrogen (secondary N) is 1. The molecule has 0 unspecified atom stereocenters. The number of nitrogens with zero attached hydrogens (tertiary/aromatic N) is 3. The molecule has 0 atom stereocenters. The van der Waals surface area contributed by atoms with Crippen LogP contribution in [0, 0.1) is 0 Å². The molecule has 2 aromatic heterocycles. The van der Waals surface area contributed by atoms with Gasteiger partial charge in [0.1, 0.15) is 11.6 Å². The maximum Gasteiger partial charge on any atom is 0.230 e. The van der Waals surface area contributed by atoms with Crippen LogP contribution < -0.4 is 5.32 Å². The van der Waals surface area contributed by atoms with Crippen LogP contribution in [0.2, 0.25) is 5.02 Å². The van der Waals surface area contributed by atoms with Crippen molar-refractivity contribution in [3.8, 4) is 0 Å². The van der Waals surface area contributed by atoms with Crippen LogP contribution in [0.4, 0.5) is 0 Å². The molecule has 0 spiro atoms. The number of furan rings is 1. The first kappa shape index (κ1) is 17.6. The molecule has 2 heterocycles.